The highest BCUT2D eigenvalue weighted by molar-refractivity contribution is 5.85. The zero-order chi connectivity index (χ0) is 27.0. The average Bonchev–Trinajstić information content (AvgIpc) is 3.29. The number of nitrogens with one attached hydrogen (secondary N) is 1. The zero-order valence-corrected chi connectivity index (χ0v) is 20.3. The lowest BCUT2D eigenvalue weighted by atomic mass is 10.0. The lowest BCUT2D eigenvalue weighted by molar-refractivity contribution is -0.144. The minimum Gasteiger partial charge on any atom is -0.484 e. The summed E-state index contributed by atoms with van der Waals surface area (Å²) in [4.78, 5) is 16.2. The second-order valence-corrected chi connectivity index (χ2v) is 9.05. The Morgan fingerprint density at radius 1 is 1.00 bits per heavy atom. The third-order valence-corrected chi connectivity index (χ3v) is 6.06. The van der Waals surface area contributed by atoms with Gasteiger partial charge in [0.05, 0.1) is 29.0 Å². The lowest BCUT2D eigenvalue weighted by Gasteiger charge is -2.27. The number of fused-ring (bicyclic) bond motifs is 2. The fourth-order valence-corrected chi connectivity index (χ4v) is 4.24. The quantitative estimate of drug-likeness (QED) is 0.261. The number of carbonyl (C=O) groups excluding carboxylic acids is 1. The van der Waals surface area contributed by atoms with Gasteiger partial charge in [-0.1, -0.05) is 6.07 Å². The van der Waals surface area contributed by atoms with Gasteiger partial charge in [-0.05, 0) is 61.5 Å². The predicted octanol–water partition coefficient (Wildman–Crippen LogP) is 6.13. The van der Waals surface area contributed by atoms with Crippen molar-refractivity contribution in [2.24, 2.45) is 0 Å². The highest BCUT2D eigenvalue weighted by Crippen LogP contribution is 2.30. The number of aromatic nitrogens is 3. The Morgan fingerprint density at radius 2 is 1.76 bits per heavy atom. The molecule has 0 saturated heterocycles. The molecule has 0 radical (unpaired) electrons. The summed E-state index contributed by atoms with van der Waals surface area (Å²) in [5, 5.41) is 8.31. The number of rotatable bonds is 7. The van der Waals surface area contributed by atoms with Gasteiger partial charge < -0.3 is 10.1 Å². The molecule has 0 saturated carbocycles. The number of hydrogen-bond donors (Lipinski definition) is 1. The molecule has 0 bridgehead atoms. The van der Waals surface area contributed by atoms with Crippen molar-refractivity contribution in [2.75, 3.05) is 0 Å². The van der Waals surface area contributed by atoms with Crippen molar-refractivity contribution >= 4 is 27.7 Å². The molecular weight excluding hydrogens is 500 g/mol. The van der Waals surface area contributed by atoms with E-state index in [1.165, 1.54) is 6.92 Å². The number of alkyl halides is 2. The normalized spacial score (nSPS) is 13.4. The molecule has 0 aliphatic carbocycles. The second kappa shape index (κ2) is 9.77. The van der Waals surface area contributed by atoms with Crippen LogP contribution in [0.25, 0.3) is 27.5 Å². The first-order chi connectivity index (χ1) is 18.1. The first-order valence-electron chi connectivity index (χ1n) is 11.7. The molecule has 0 aliphatic heterocycles. The predicted molar refractivity (Wildman–Crippen MR) is 134 cm³/mol. The van der Waals surface area contributed by atoms with E-state index in [1.807, 2.05) is 30.3 Å². The standard InChI is InChI=1S/C28H22F4N4O2/c1-16(35-27(37)28(2,31)32)26(18-10-20(29)14-21(30)11-18)38-23-6-8-25-19(13-23)15-34-36(25)22-5-7-24-17(12-22)4-3-9-33-24/h3-16,26H,1-2H3,(H,35,37)/t16-,26-/m0/s1. The number of halogens is 4. The minimum absolute atomic E-state index is 0.0373. The van der Waals surface area contributed by atoms with Crippen LogP contribution in [-0.2, 0) is 4.79 Å². The molecule has 5 aromatic rings. The molecule has 0 unspecified atom stereocenters. The number of hydrogen-bond acceptors (Lipinski definition) is 4. The Labute approximate surface area is 214 Å². The third kappa shape index (κ3) is 5.15. The SMILES string of the molecule is C[C@H](NC(=O)C(C)(F)F)[C@H](Oc1ccc2c(cnn2-c2ccc3ncccc3c2)c1)c1cc(F)cc(F)c1. The fourth-order valence-electron chi connectivity index (χ4n) is 4.24. The van der Waals surface area contributed by atoms with Gasteiger partial charge in [-0.3, -0.25) is 9.78 Å². The van der Waals surface area contributed by atoms with Gasteiger partial charge in [0.2, 0.25) is 0 Å². The summed E-state index contributed by atoms with van der Waals surface area (Å²) < 4.78 is 62.8. The van der Waals surface area contributed by atoms with Crippen LogP contribution in [0.4, 0.5) is 17.6 Å². The number of carbonyl (C=O) groups is 1. The Morgan fingerprint density at radius 3 is 2.50 bits per heavy atom. The Bertz CT molecular complexity index is 1630. The van der Waals surface area contributed by atoms with Crippen LogP contribution in [0, 0.1) is 11.6 Å². The van der Waals surface area contributed by atoms with Gasteiger partial charge in [0, 0.05) is 35.5 Å². The van der Waals surface area contributed by atoms with Crippen molar-refractivity contribution < 1.29 is 27.1 Å². The van der Waals surface area contributed by atoms with Crippen molar-refractivity contribution in [3.8, 4) is 11.4 Å². The average molecular weight is 523 g/mol. The highest BCUT2D eigenvalue weighted by atomic mass is 19.3. The first-order valence-corrected chi connectivity index (χ1v) is 11.7. The molecule has 0 fully saturated rings. The number of benzene rings is 3. The number of ether oxygens (including phenoxy) is 1. The highest BCUT2D eigenvalue weighted by Gasteiger charge is 2.35. The van der Waals surface area contributed by atoms with Gasteiger partial charge in [0.15, 0.2) is 0 Å². The van der Waals surface area contributed by atoms with Gasteiger partial charge >= 0.3 is 5.92 Å². The summed E-state index contributed by atoms with van der Waals surface area (Å²) in [5.41, 5.74) is 2.47. The largest absolute Gasteiger partial charge is 0.484 e. The summed E-state index contributed by atoms with van der Waals surface area (Å²) >= 11 is 0. The molecule has 3 aromatic carbocycles. The maximum absolute atomic E-state index is 14.0. The van der Waals surface area contributed by atoms with Crippen LogP contribution in [0.2, 0.25) is 0 Å². The zero-order valence-electron chi connectivity index (χ0n) is 20.3. The fraction of sp³-hybridized carbons (Fsp3) is 0.179. The molecular formula is C28H22F4N4O2. The van der Waals surface area contributed by atoms with Crippen LogP contribution in [0.1, 0.15) is 25.5 Å². The van der Waals surface area contributed by atoms with Gasteiger partial charge in [-0.15, -0.1) is 0 Å². The number of pyridine rings is 1. The van der Waals surface area contributed by atoms with Crippen LogP contribution in [0.3, 0.4) is 0 Å². The van der Waals surface area contributed by atoms with Crippen LogP contribution < -0.4 is 10.1 Å². The topological polar surface area (TPSA) is 69.0 Å². The van der Waals surface area contributed by atoms with E-state index < -0.39 is 35.6 Å². The first kappa shape index (κ1) is 25.2. The minimum atomic E-state index is -3.64. The van der Waals surface area contributed by atoms with E-state index in [-0.39, 0.29) is 5.56 Å². The van der Waals surface area contributed by atoms with Crippen LogP contribution in [-0.4, -0.2) is 32.6 Å². The van der Waals surface area contributed by atoms with Gasteiger partial charge in [-0.25, -0.2) is 13.5 Å². The summed E-state index contributed by atoms with van der Waals surface area (Å²) in [6.45, 7) is 1.88. The van der Waals surface area contributed by atoms with Crippen molar-refractivity contribution in [3.63, 3.8) is 0 Å². The van der Waals surface area contributed by atoms with Crippen LogP contribution >= 0.6 is 0 Å². The second-order valence-electron chi connectivity index (χ2n) is 9.05. The van der Waals surface area contributed by atoms with E-state index in [1.54, 1.807) is 35.3 Å². The van der Waals surface area contributed by atoms with E-state index in [0.717, 1.165) is 34.2 Å². The van der Waals surface area contributed by atoms with Gasteiger partial charge in [0.25, 0.3) is 5.91 Å². The molecule has 38 heavy (non-hydrogen) atoms. The summed E-state index contributed by atoms with van der Waals surface area (Å²) in [6.07, 6.45) is 2.18. The molecule has 5 rings (SSSR count). The summed E-state index contributed by atoms with van der Waals surface area (Å²) in [7, 11) is 0. The van der Waals surface area contributed by atoms with Crippen molar-refractivity contribution in [1.29, 1.82) is 0 Å². The molecule has 194 valence electrons. The lowest BCUT2D eigenvalue weighted by Crippen LogP contribution is -2.46. The number of amides is 1. The molecule has 1 amide bonds. The van der Waals surface area contributed by atoms with E-state index in [4.69, 9.17) is 4.74 Å². The van der Waals surface area contributed by atoms with E-state index in [2.05, 4.69) is 15.4 Å². The maximum Gasteiger partial charge on any atom is 0.321 e. The molecule has 1 N–H and O–H groups in total. The van der Waals surface area contributed by atoms with E-state index in [0.29, 0.717) is 24.1 Å². The molecule has 6 nitrogen and oxygen atoms in total. The smallest absolute Gasteiger partial charge is 0.321 e. The Hall–Kier alpha value is -4.47. The van der Waals surface area contributed by atoms with Crippen molar-refractivity contribution in [2.45, 2.75) is 31.9 Å². The van der Waals surface area contributed by atoms with Gasteiger partial charge in [0.1, 0.15) is 23.5 Å². The van der Waals surface area contributed by atoms with E-state index in [9.17, 15) is 22.4 Å². The molecule has 0 spiro atoms. The molecule has 2 aromatic heterocycles. The molecule has 2 atom stereocenters. The number of nitrogens with zero attached hydrogens (tertiary/aromatic N) is 3. The molecule has 2 heterocycles. The van der Waals surface area contributed by atoms with Crippen LogP contribution in [0.15, 0.2) is 79.1 Å². The summed E-state index contributed by atoms with van der Waals surface area (Å²) in [5.74, 6) is -6.61. The van der Waals surface area contributed by atoms with Crippen molar-refractivity contribution in [1.82, 2.24) is 20.1 Å². The maximum atomic E-state index is 14.0. The van der Waals surface area contributed by atoms with Crippen LogP contribution in [0.5, 0.6) is 5.75 Å². The van der Waals surface area contributed by atoms with Crippen molar-refractivity contribution in [3.05, 3.63) is 96.3 Å². The monoisotopic (exact) mass is 522 g/mol. The Kier molecular flexibility index (Phi) is 6.48. The Balaban J connectivity index is 1.47. The van der Waals surface area contributed by atoms with E-state index >= 15 is 0 Å². The molecule has 10 heteroatoms. The van der Waals surface area contributed by atoms with Gasteiger partial charge in [-0.2, -0.15) is 13.9 Å². The third-order valence-electron chi connectivity index (χ3n) is 6.06. The summed E-state index contributed by atoms with van der Waals surface area (Å²) in [6, 6.07) is 16.3. The molecule has 0 aliphatic rings.